The van der Waals surface area contributed by atoms with Gasteiger partial charge in [0.2, 0.25) is 0 Å². The van der Waals surface area contributed by atoms with Crippen LogP contribution in [0.3, 0.4) is 0 Å². The largest absolute Gasteiger partial charge is 0.331 e. The summed E-state index contributed by atoms with van der Waals surface area (Å²) in [7, 11) is 4.07. The number of amides is 2. The third-order valence-electron chi connectivity index (χ3n) is 4.84. The third kappa shape index (κ3) is 4.64. The monoisotopic (exact) mass is 335 g/mol. The highest BCUT2D eigenvalue weighted by atomic mass is 32.2. The van der Waals surface area contributed by atoms with Crippen molar-refractivity contribution in [3.8, 4) is 0 Å². The minimum absolute atomic E-state index is 0.0161. The molecule has 0 radical (unpaired) electrons. The smallest absolute Gasteiger partial charge is 0.317 e. The number of likely N-dealkylation sites (tertiary alicyclic amines) is 1. The molecule has 1 fully saturated rings. The molecule has 1 aliphatic rings. The molecule has 1 N–H and O–H groups in total. The fourth-order valence-corrected chi connectivity index (χ4v) is 3.74. The molecule has 0 aliphatic carbocycles. The second-order valence-electron chi connectivity index (χ2n) is 6.65. The van der Waals surface area contributed by atoms with Gasteiger partial charge in [-0.1, -0.05) is 19.1 Å². The van der Waals surface area contributed by atoms with E-state index < -0.39 is 0 Å². The summed E-state index contributed by atoms with van der Waals surface area (Å²) in [5.41, 5.74) is 1.14. The fourth-order valence-electron chi connectivity index (χ4n) is 3.33. The minimum Gasteiger partial charge on any atom is -0.331 e. The molecule has 1 aromatic carbocycles. The maximum Gasteiger partial charge on any atom is 0.317 e. The summed E-state index contributed by atoms with van der Waals surface area (Å²) >= 11 is 1.73. The van der Waals surface area contributed by atoms with Crippen molar-refractivity contribution in [2.24, 2.45) is 5.92 Å². The molecule has 3 atom stereocenters. The number of urea groups is 1. The Bertz CT molecular complexity index is 520. The van der Waals surface area contributed by atoms with Crippen molar-refractivity contribution in [1.29, 1.82) is 0 Å². The first kappa shape index (κ1) is 18.1. The van der Waals surface area contributed by atoms with Crippen molar-refractivity contribution in [3.63, 3.8) is 0 Å². The lowest BCUT2D eigenvalue weighted by molar-refractivity contribution is 0.106. The topological polar surface area (TPSA) is 35.6 Å². The highest BCUT2D eigenvalue weighted by Crippen LogP contribution is 2.22. The number of nitrogens with zero attached hydrogens (tertiary/aromatic N) is 2. The number of nitrogens with one attached hydrogen (secondary N) is 1. The van der Waals surface area contributed by atoms with Crippen LogP contribution in [-0.4, -0.2) is 55.3 Å². The molecule has 128 valence electrons. The maximum absolute atomic E-state index is 12.6. The molecule has 0 bridgehead atoms. The van der Waals surface area contributed by atoms with E-state index in [0.717, 1.165) is 25.1 Å². The number of carbonyl (C=O) groups is 1. The lowest BCUT2D eigenvalue weighted by Crippen LogP contribution is -2.52. The Morgan fingerprint density at radius 3 is 2.61 bits per heavy atom. The Balaban J connectivity index is 1.94. The van der Waals surface area contributed by atoms with Crippen LogP contribution in [-0.2, 0) is 0 Å². The zero-order valence-electron chi connectivity index (χ0n) is 14.9. The third-order valence-corrected chi connectivity index (χ3v) is 5.58. The van der Waals surface area contributed by atoms with E-state index in [-0.39, 0.29) is 12.1 Å². The molecular formula is C18H29N3OS. The van der Waals surface area contributed by atoms with Crippen LogP contribution in [0.2, 0.25) is 0 Å². The number of piperidine rings is 1. The number of carbonyl (C=O) groups excluding carboxylic acids is 1. The zero-order valence-corrected chi connectivity index (χ0v) is 15.7. The predicted octanol–water partition coefficient (Wildman–Crippen LogP) is 3.45. The first-order valence-electron chi connectivity index (χ1n) is 8.28. The molecule has 0 spiro atoms. The summed E-state index contributed by atoms with van der Waals surface area (Å²) in [6.07, 6.45) is 3.11. The van der Waals surface area contributed by atoms with Crippen LogP contribution >= 0.6 is 11.8 Å². The van der Waals surface area contributed by atoms with Crippen molar-refractivity contribution >= 4 is 17.8 Å². The van der Waals surface area contributed by atoms with Crippen LogP contribution in [0.4, 0.5) is 4.79 Å². The van der Waals surface area contributed by atoms with Crippen molar-refractivity contribution < 1.29 is 4.79 Å². The van der Waals surface area contributed by atoms with Gasteiger partial charge in [0.05, 0.1) is 6.04 Å². The first-order chi connectivity index (χ1) is 10.9. The quantitative estimate of drug-likeness (QED) is 0.856. The molecule has 4 nitrogen and oxygen atoms in total. The number of hydrogen-bond donors (Lipinski definition) is 1. The molecule has 0 unspecified atom stereocenters. The van der Waals surface area contributed by atoms with E-state index in [4.69, 9.17) is 0 Å². The summed E-state index contributed by atoms with van der Waals surface area (Å²) in [5, 5.41) is 3.13. The SMILES string of the molecule is CSc1ccc([C@H](C)NC(=O)N(C)[C@@H]2CCN(C)C[C@H]2C)cc1. The molecule has 2 amide bonds. The molecule has 0 saturated carbocycles. The van der Waals surface area contributed by atoms with E-state index in [1.54, 1.807) is 11.8 Å². The van der Waals surface area contributed by atoms with E-state index in [0.29, 0.717) is 12.0 Å². The van der Waals surface area contributed by atoms with Crippen LogP contribution in [0.5, 0.6) is 0 Å². The normalized spacial score (nSPS) is 23.3. The molecule has 1 aliphatic heterocycles. The Hall–Kier alpha value is -1.20. The molecular weight excluding hydrogens is 306 g/mol. The van der Waals surface area contributed by atoms with Gasteiger partial charge in [0.1, 0.15) is 0 Å². The zero-order chi connectivity index (χ0) is 17.0. The van der Waals surface area contributed by atoms with Gasteiger partial charge in [-0.15, -0.1) is 11.8 Å². The van der Waals surface area contributed by atoms with Gasteiger partial charge >= 0.3 is 6.03 Å². The number of hydrogen-bond acceptors (Lipinski definition) is 3. The summed E-state index contributed by atoms with van der Waals surface area (Å²) in [5.74, 6) is 0.501. The predicted molar refractivity (Wildman–Crippen MR) is 98.0 cm³/mol. The lowest BCUT2D eigenvalue weighted by Gasteiger charge is -2.40. The van der Waals surface area contributed by atoms with Gasteiger partial charge in [-0.3, -0.25) is 0 Å². The van der Waals surface area contributed by atoms with Crippen LogP contribution in [0.1, 0.15) is 31.9 Å². The lowest BCUT2D eigenvalue weighted by atomic mass is 9.93. The molecule has 1 heterocycles. The van der Waals surface area contributed by atoms with Crippen molar-refractivity contribution in [2.75, 3.05) is 33.4 Å². The Labute approximate surface area is 144 Å². The second-order valence-corrected chi connectivity index (χ2v) is 7.53. The van der Waals surface area contributed by atoms with Gasteiger partial charge < -0.3 is 15.1 Å². The van der Waals surface area contributed by atoms with E-state index in [1.165, 1.54) is 4.90 Å². The van der Waals surface area contributed by atoms with E-state index >= 15 is 0 Å². The van der Waals surface area contributed by atoms with Gasteiger partial charge in [-0.2, -0.15) is 0 Å². The van der Waals surface area contributed by atoms with Crippen molar-refractivity contribution in [1.82, 2.24) is 15.1 Å². The Morgan fingerprint density at radius 2 is 2.04 bits per heavy atom. The first-order valence-corrected chi connectivity index (χ1v) is 9.50. The van der Waals surface area contributed by atoms with Crippen LogP contribution in [0, 0.1) is 5.92 Å². The molecule has 23 heavy (non-hydrogen) atoms. The van der Waals surface area contributed by atoms with Crippen LogP contribution in [0.15, 0.2) is 29.2 Å². The summed E-state index contributed by atoms with van der Waals surface area (Å²) < 4.78 is 0. The fraction of sp³-hybridized carbons (Fsp3) is 0.611. The van der Waals surface area contributed by atoms with Gasteiger partial charge in [0.25, 0.3) is 0 Å². The van der Waals surface area contributed by atoms with E-state index in [1.807, 2.05) is 18.9 Å². The Morgan fingerprint density at radius 1 is 1.39 bits per heavy atom. The highest BCUT2D eigenvalue weighted by Gasteiger charge is 2.30. The van der Waals surface area contributed by atoms with Crippen LogP contribution < -0.4 is 5.32 Å². The van der Waals surface area contributed by atoms with Gasteiger partial charge in [0, 0.05) is 24.5 Å². The number of benzene rings is 1. The second kappa shape index (κ2) is 8.06. The van der Waals surface area contributed by atoms with Gasteiger partial charge in [0.15, 0.2) is 0 Å². The highest BCUT2D eigenvalue weighted by molar-refractivity contribution is 7.98. The number of rotatable bonds is 4. The number of thioether (sulfide) groups is 1. The van der Waals surface area contributed by atoms with E-state index in [2.05, 4.69) is 54.7 Å². The minimum atomic E-state index is 0.0161. The van der Waals surface area contributed by atoms with Gasteiger partial charge in [-0.25, -0.2) is 4.79 Å². The van der Waals surface area contributed by atoms with Crippen molar-refractivity contribution in [2.45, 2.75) is 37.2 Å². The molecule has 1 saturated heterocycles. The summed E-state index contributed by atoms with van der Waals surface area (Å²) in [4.78, 5) is 18.0. The Kier molecular flexibility index (Phi) is 6.36. The average Bonchev–Trinajstić information content (AvgIpc) is 2.54. The van der Waals surface area contributed by atoms with Gasteiger partial charge in [-0.05, 0) is 56.8 Å². The average molecular weight is 336 g/mol. The molecule has 0 aromatic heterocycles. The molecule has 2 rings (SSSR count). The summed E-state index contributed by atoms with van der Waals surface area (Å²) in [6, 6.07) is 8.74. The molecule has 5 heteroatoms. The van der Waals surface area contributed by atoms with Crippen LogP contribution in [0.25, 0.3) is 0 Å². The molecule has 1 aromatic rings. The van der Waals surface area contributed by atoms with E-state index in [9.17, 15) is 4.79 Å². The van der Waals surface area contributed by atoms with Crippen molar-refractivity contribution in [3.05, 3.63) is 29.8 Å². The summed E-state index contributed by atoms with van der Waals surface area (Å²) in [6.45, 7) is 6.37. The standard InChI is InChI=1S/C18H29N3OS/c1-13-12-20(3)11-10-17(13)21(4)18(22)19-14(2)15-6-8-16(23-5)9-7-15/h6-9,13-14,17H,10-12H2,1-5H3,(H,19,22)/t13-,14+,17-/m1/s1. The maximum atomic E-state index is 12.6.